The molecule has 1 atom stereocenters. The van der Waals surface area contributed by atoms with Crippen LogP contribution in [0, 0.1) is 0 Å². The standard InChI is InChI=1S/C20H36N6O/c1-23-10-5-17(6-11-23)26-9-3-4-16(14-26)20-22-21-19(24(20)2)15-25-12-7-18(27)8-13-25/h16-18,27H,3-15H2,1-2H3. The first-order valence-electron chi connectivity index (χ1n) is 10.8. The van der Waals surface area contributed by atoms with Crippen LogP contribution in [0.1, 0.15) is 56.1 Å². The molecule has 152 valence electrons. The van der Waals surface area contributed by atoms with Crippen LogP contribution in [0.25, 0.3) is 0 Å². The maximum atomic E-state index is 9.70. The molecule has 1 aromatic heterocycles. The third kappa shape index (κ3) is 4.53. The second-order valence-corrected chi connectivity index (χ2v) is 8.91. The van der Waals surface area contributed by atoms with Gasteiger partial charge in [-0.05, 0) is 65.2 Å². The van der Waals surface area contributed by atoms with Crippen LogP contribution >= 0.6 is 0 Å². The number of hydrogen-bond donors (Lipinski definition) is 1. The normalized spacial score (nSPS) is 28.0. The Hall–Kier alpha value is -1.02. The van der Waals surface area contributed by atoms with Crippen LogP contribution in [0.2, 0.25) is 0 Å². The van der Waals surface area contributed by atoms with Gasteiger partial charge in [0, 0.05) is 38.6 Å². The summed E-state index contributed by atoms with van der Waals surface area (Å²) >= 11 is 0. The summed E-state index contributed by atoms with van der Waals surface area (Å²) < 4.78 is 2.24. The summed E-state index contributed by atoms with van der Waals surface area (Å²) in [4.78, 5) is 7.57. The average Bonchev–Trinajstić information content (AvgIpc) is 3.05. The van der Waals surface area contributed by atoms with Crippen molar-refractivity contribution < 1.29 is 5.11 Å². The first kappa shape index (κ1) is 19.3. The van der Waals surface area contributed by atoms with Crippen LogP contribution < -0.4 is 0 Å². The molecule has 1 unspecified atom stereocenters. The minimum atomic E-state index is -0.121. The third-order valence-electron chi connectivity index (χ3n) is 6.94. The zero-order valence-electron chi connectivity index (χ0n) is 17.1. The molecule has 1 aromatic rings. The highest BCUT2D eigenvalue weighted by Crippen LogP contribution is 2.29. The zero-order chi connectivity index (χ0) is 18.8. The SMILES string of the molecule is CN1CCC(N2CCCC(c3nnc(CN4CCC(O)CC4)n3C)C2)CC1. The van der Waals surface area contributed by atoms with E-state index in [1.54, 1.807) is 0 Å². The van der Waals surface area contributed by atoms with Gasteiger partial charge in [0.2, 0.25) is 0 Å². The lowest BCUT2D eigenvalue weighted by atomic mass is 9.93. The predicted octanol–water partition coefficient (Wildman–Crippen LogP) is 1.05. The van der Waals surface area contributed by atoms with Crippen LogP contribution in [0.3, 0.4) is 0 Å². The van der Waals surface area contributed by atoms with Gasteiger partial charge in [-0.1, -0.05) is 0 Å². The summed E-state index contributed by atoms with van der Waals surface area (Å²) in [6.07, 6.45) is 6.72. The molecule has 3 fully saturated rings. The molecule has 4 rings (SSSR count). The second kappa shape index (κ2) is 8.55. The first-order chi connectivity index (χ1) is 13.1. The van der Waals surface area contributed by atoms with Crippen LogP contribution in [0.15, 0.2) is 0 Å². The predicted molar refractivity (Wildman–Crippen MR) is 106 cm³/mol. The smallest absolute Gasteiger partial charge is 0.146 e. The van der Waals surface area contributed by atoms with Gasteiger partial charge >= 0.3 is 0 Å². The van der Waals surface area contributed by atoms with Gasteiger partial charge in [0.25, 0.3) is 0 Å². The monoisotopic (exact) mass is 376 g/mol. The van der Waals surface area contributed by atoms with Gasteiger partial charge in [0.15, 0.2) is 0 Å². The second-order valence-electron chi connectivity index (χ2n) is 8.91. The molecule has 7 nitrogen and oxygen atoms in total. The van der Waals surface area contributed by atoms with E-state index in [0.717, 1.165) is 50.9 Å². The number of likely N-dealkylation sites (tertiary alicyclic amines) is 3. The van der Waals surface area contributed by atoms with Gasteiger partial charge in [-0.2, -0.15) is 0 Å². The summed E-state index contributed by atoms with van der Waals surface area (Å²) in [6, 6.07) is 0.747. The number of rotatable bonds is 4. The fraction of sp³-hybridized carbons (Fsp3) is 0.900. The number of aromatic nitrogens is 3. The van der Waals surface area contributed by atoms with E-state index in [9.17, 15) is 5.11 Å². The van der Waals surface area contributed by atoms with Crippen molar-refractivity contribution in [2.24, 2.45) is 7.05 Å². The molecule has 0 bridgehead atoms. The van der Waals surface area contributed by atoms with Crippen molar-refractivity contribution >= 4 is 0 Å². The van der Waals surface area contributed by atoms with Gasteiger partial charge in [-0.25, -0.2) is 0 Å². The van der Waals surface area contributed by atoms with E-state index in [1.807, 2.05) is 0 Å². The lowest BCUT2D eigenvalue weighted by molar-refractivity contribution is 0.0774. The maximum Gasteiger partial charge on any atom is 0.146 e. The van der Waals surface area contributed by atoms with Crippen molar-refractivity contribution in [1.82, 2.24) is 29.5 Å². The lowest BCUT2D eigenvalue weighted by Crippen LogP contribution is -2.47. The fourth-order valence-electron chi connectivity index (χ4n) is 5.05. The molecule has 0 spiro atoms. The first-order valence-corrected chi connectivity index (χ1v) is 10.8. The molecule has 3 aliphatic heterocycles. The number of aliphatic hydroxyl groups is 1. The van der Waals surface area contributed by atoms with Crippen LogP contribution in [-0.2, 0) is 13.6 Å². The van der Waals surface area contributed by atoms with E-state index in [1.165, 1.54) is 51.1 Å². The summed E-state index contributed by atoms with van der Waals surface area (Å²) in [7, 11) is 4.37. The Morgan fingerprint density at radius 2 is 1.67 bits per heavy atom. The number of nitrogens with zero attached hydrogens (tertiary/aromatic N) is 6. The summed E-state index contributed by atoms with van der Waals surface area (Å²) in [5.41, 5.74) is 0. The van der Waals surface area contributed by atoms with Crippen LogP contribution in [0.5, 0.6) is 0 Å². The molecule has 4 heterocycles. The lowest BCUT2D eigenvalue weighted by Gasteiger charge is -2.41. The molecule has 1 N–H and O–H groups in total. The highest BCUT2D eigenvalue weighted by atomic mass is 16.3. The molecule has 0 saturated carbocycles. The molecule has 0 aliphatic carbocycles. The van der Waals surface area contributed by atoms with Gasteiger partial charge < -0.3 is 14.6 Å². The van der Waals surface area contributed by atoms with Gasteiger partial charge in [0.1, 0.15) is 11.6 Å². The Morgan fingerprint density at radius 1 is 0.926 bits per heavy atom. The van der Waals surface area contributed by atoms with Crippen molar-refractivity contribution in [3.05, 3.63) is 11.6 Å². The molecular formula is C20H36N6O. The quantitative estimate of drug-likeness (QED) is 0.848. The average molecular weight is 377 g/mol. The van der Waals surface area contributed by atoms with Crippen molar-refractivity contribution in [3.8, 4) is 0 Å². The Kier molecular flexibility index (Phi) is 6.12. The molecule has 7 heteroatoms. The molecule has 0 radical (unpaired) electrons. The van der Waals surface area contributed by atoms with E-state index >= 15 is 0 Å². The van der Waals surface area contributed by atoms with Crippen molar-refractivity contribution in [3.63, 3.8) is 0 Å². The van der Waals surface area contributed by atoms with Gasteiger partial charge in [-0.15, -0.1) is 10.2 Å². The summed E-state index contributed by atoms with van der Waals surface area (Å²) in [5.74, 6) is 2.74. The van der Waals surface area contributed by atoms with Crippen molar-refractivity contribution in [1.29, 1.82) is 0 Å². The number of hydrogen-bond acceptors (Lipinski definition) is 6. The minimum absolute atomic E-state index is 0.121. The number of aliphatic hydroxyl groups excluding tert-OH is 1. The highest BCUT2D eigenvalue weighted by molar-refractivity contribution is 5.05. The minimum Gasteiger partial charge on any atom is -0.393 e. The largest absolute Gasteiger partial charge is 0.393 e. The van der Waals surface area contributed by atoms with E-state index in [-0.39, 0.29) is 6.10 Å². The number of piperidine rings is 3. The highest BCUT2D eigenvalue weighted by Gasteiger charge is 2.31. The van der Waals surface area contributed by atoms with E-state index in [0.29, 0.717) is 5.92 Å². The Balaban J connectivity index is 1.37. The topological polar surface area (TPSA) is 60.7 Å². The molecule has 27 heavy (non-hydrogen) atoms. The van der Waals surface area contributed by atoms with Gasteiger partial charge in [-0.3, -0.25) is 9.80 Å². The summed E-state index contributed by atoms with van der Waals surface area (Å²) in [5, 5.41) is 18.9. The molecule has 3 aliphatic rings. The van der Waals surface area contributed by atoms with Gasteiger partial charge in [0.05, 0.1) is 12.6 Å². The molecule has 0 amide bonds. The third-order valence-corrected chi connectivity index (χ3v) is 6.94. The maximum absolute atomic E-state index is 9.70. The Bertz CT molecular complexity index is 604. The van der Waals surface area contributed by atoms with Crippen LogP contribution in [-0.4, -0.2) is 93.0 Å². The Morgan fingerprint density at radius 3 is 2.41 bits per heavy atom. The molecular weight excluding hydrogens is 340 g/mol. The fourth-order valence-corrected chi connectivity index (χ4v) is 5.05. The molecule has 0 aromatic carbocycles. The van der Waals surface area contributed by atoms with Crippen LogP contribution in [0.4, 0.5) is 0 Å². The van der Waals surface area contributed by atoms with E-state index in [2.05, 4.69) is 43.6 Å². The molecule has 3 saturated heterocycles. The van der Waals surface area contributed by atoms with Crippen molar-refractivity contribution in [2.45, 2.75) is 63.1 Å². The van der Waals surface area contributed by atoms with Crippen molar-refractivity contribution in [2.75, 3.05) is 46.3 Å². The zero-order valence-corrected chi connectivity index (χ0v) is 17.1. The summed E-state index contributed by atoms with van der Waals surface area (Å²) in [6.45, 7) is 7.59. The van der Waals surface area contributed by atoms with E-state index < -0.39 is 0 Å². The Labute approximate surface area is 163 Å². The van der Waals surface area contributed by atoms with E-state index in [4.69, 9.17) is 0 Å².